The lowest BCUT2D eigenvalue weighted by Crippen LogP contribution is -2.46. The third-order valence-electron chi connectivity index (χ3n) is 10.5. The first-order chi connectivity index (χ1) is 19.3. The van der Waals surface area contributed by atoms with Crippen molar-refractivity contribution in [2.75, 3.05) is 44.2 Å². The Bertz CT molecular complexity index is 1250. The summed E-state index contributed by atoms with van der Waals surface area (Å²) in [5, 5.41) is 9.39. The smallest absolute Gasteiger partial charge is 0.164 e. The Morgan fingerprint density at radius 1 is 1.00 bits per heavy atom. The molecule has 216 valence electrons. The van der Waals surface area contributed by atoms with Crippen LogP contribution in [0.3, 0.4) is 0 Å². The van der Waals surface area contributed by atoms with Crippen LogP contribution in [0.1, 0.15) is 82.6 Å². The number of hydrogen-bond acceptors (Lipinski definition) is 5. The number of rotatable bonds is 6. The summed E-state index contributed by atoms with van der Waals surface area (Å²) in [6.45, 7) is 22.3. The first-order valence-electron chi connectivity index (χ1n) is 15.8. The van der Waals surface area contributed by atoms with Crippen LogP contribution in [0.25, 0.3) is 10.9 Å². The van der Waals surface area contributed by atoms with Gasteiger partial charge < -0.3 is 20.0 Å². The van der Waals surface area contributed by atoms with Gasteiger partial charge in [-0.25, -0.2) is 0 Å². The topological polar surface area (TPSA) is 39.6 Å². The molecule has 6 rings (SSSR count). The molecular weight excluding hydrogens is 492 g/mol. The Morgan fingerprint density at radius 3 is 2.42 bits per heavy atom. The van der Waals surface area contributed by atoms with E-state index in [0.717, 1.165) is 36.2 Å². The van der Waals surface area contributed by atoms with Crippen molar-refractivity contribution in [3.8, 4) is 0 Å². The molecule has 4 heterocycles. The highest BCUT2D eigenvalue weighted by atomic mass is 15.4. The number of allylic oxidation sites excluding steroid dienone is 1. The van der Waals surface area contributed by atoms with Crippen molar-refractivity contribution in [3.63, 3.8) is 0 Å². The van der Waals surface area contributed by atoms with E-state index in [1.54, 1.807) is 0 Å². The van der Waals surface area contributed by atoms with Gasteiger partial charge in [0.2, 0.25) is 0 Å². The van der Waals surface area contributed by atoms with E-state index in [4.69, 9.17) is 5.10 Å². The second kappa shape index (κ2) is 11.3. The molecular formula is C34H50N6. The number of hydrogen-bond donors (Lipinski definition) is 1. The van der Waals surface area contributed by atoms with Gasteiger partial charge in [0, 0.05) is 56.4 Å². The molecule has 6 heteroatoms. The molecule has 0 radical (unpaired) electrons. The lowest BCUT2D eigenvalue weighted by Gasteiger charge is -2.46. The second-order valence-corrected chi connectivity index (χ2v) is 13.5. The van der Waals surface area contributed by atoms with Gasteiger partial charge >= 0.3 is 0 Å². The Morgan fingerprint density at radius 2 is 1.73 bits per heavy atom. The maximum absolute atomic E-state index is 4.90. The Hall–Kier alpha value is -2.73. The number of aryl methyl sites for hydroxylation is 1. The molecule has 0 amide bonds. The van der Waals surface area contributed by atoms with Gasteiger partial charge in [-0.15, -0.1) is 0 Å². The van der Waals surface area contributed by atoms with Crippen molar-refractivity contribution in [2.24, 2.45) is 18.4 Å². The van der Waals surface area contributed by atoms with Crippen molar-refractivity contribution in [1.82, 2.24) is 24.9 Å². The summed E-state index contributed by atoms with van der Waals surface area (Å²) in [5.41, 5.74) is 5.58. The zero-order chi connectivity index (χ0) is 27.9. The van der Waals surface area contributed by atoms with E-state index in [0.29, 0.717) is 11.3 Å². The molecule has 0 spiro atoms. The first kappa shape index (κ1) is 27.4. The fraction of sp³-hybridized carbons (Fsp3) is 0.618. The largest absolute Gasteiger partial charge is 0.375 e. The van der Waals surface area contributed by atoms with Gasteiger partial charge in [-0.1, -0.05) is 52.0 Å². The number of benzene rings is 1. The summed E-state index contributed by atoms with van der Waals surface area (Å²) in [5.74, 6) is 3.23. The quantitative estimate of drug-likeness (QED) is 0.438. The average molecular weight is 543 g/mol. The molecule has 0 bridgehead atoms. The third-order valence-corrected chi connectivity index (χ3v) is 10.5. The Balaban J connectivity index is 1.03. The normalized spacial score (nSPS) is 23.6. The summed E-state index contributed by atoms with van der Waals surface area (Å²) in [7, 11) is 2.06. The van der Waals surface area contributed by atoms with Crippen molar-refractivity contribution >= 4 is 16.7 Å². The number of likely N-dealkylation sites (tertiary alicyclic amines) is 2. The van der Waals surface area contributed by atoms with E-state index in [1.165, 1.54) is 113 Å². The summed E-state index contributed by atoms with van der Waals surface area (Å²) in [6, 6.07) is 7.02. The predicted molar refractivity (Wildman–Crippen MR) is 167 cm³/mol. The number of aromatic nitrogens is 2. The highest BCUT2D eigenvalue weighted by Crippen LogP contribution is 2.39. The number of anilines is 1. The van der Waals surface area contributed by atoms with Crippen molar-refractivity contribution in [2.45, 2.75) is 77.0 Å². The molecule has 0 unspecified atom stereocenters. The second-order valence-electron chi connectivity index (χ2n) is 13.5. The van der Waals surface area contributed by atoms with E-state index in [2.05, 4.69) is 71.9 Å². The third kappa shape index (κ3) is 5.57. The van der Waals surface area contributed by atoms with Gasteiger partial charge in [-0.05, 0) is 86.6 Å². The predicted octanol–water partition coefficient (Wildman–Crippen LogP) is 6.73. The molecule has 2 aromatic rings. The van der Waals surface area contributed by atoms with Gasteiger partial charge in [-0.3, -0.25) is 4.68 Å². The van der Waals surface area contributed by atoms with Crippen molar-refractivity contribution < 1.29 is 0 Å². The first-order valence-corrected chi connectivity index (χ1v) is 15.8. The van der Waals surface area contributed by atoms with E-state index in [9.17, 15) is 0 Å². The molecule has 1 saturated carbocycles. The maximum Gasteiger partial charge on any atom is 0.164 e. The number of fused-ring (bicyclic) bond motifs is 1. The van der Waals surface area contributed by atoms with E-state index in [1.807, 2.05) is 4.68 Å². The molecule has 40 heavy (non-hydrogen) atoms. The van der Waals surface area contributed by atoms with Crippen LogP contribution in [-0.4, -0.2) is 58.8 Å². The minimum Gasteiger partial charge on any atom is -0.375 e. The molecule has 3 saturated heterocycles. The van der Waals surface area contributed by atoms with Crippen molar-refractivity contribution in [1.29, 1.82) is 0 Å². The summed E-state index contributed by atoms with van der Waals surface area (Å²) >= 11 is 0. The van der Waals surface area contributed by atoms with E-state index < -0.39 is 0 Å². The Kier molecular flexibility index (Phi) is 7.73. The zero-order valence-electron chi connectivity index (χ0n) is 25.1. The SMILES string of the molecule is C=C1CCN(c2nn(C)c3cc(C4CCN(CC5(C)CCN(C(=C)C6CCCCC6)CC5)CC4)ccc23)C(=C)N1. The fourth-order valence-electron chi connectivity index (χ4n) is 7.81. The van der Waals surface area contributed by atoms with Crippen LogP contribution in [0.5, 0.6) is 0 Å². The van der Waals surface area contributed by atoms with Crippen LogP contribution in [0.4, 0.5) is 5.82 Å². The van der Waals surface area contributed by atoms with Crippen LogP contribution >= 0.6 is 0 Å². The molecule has 4 aliphatic rings. The number of piperidine rings is 2. The molecule has 6 nitrogen and oxygen atoms in total. The molecule has 1 N–H and O–H groups in total. The van der Waals surface area contributed by atoms with E-state index >= 15 is 0 Å². The average Bonchev–Trinajstić information content (AvgIpc) is 3.29. The highest BCUT2D eigenvalue weighted by Gasteiger charge is 2.35. The molecule has 1 aromatic heterocycles. The van der Waals surface area contributed by atoms with Crippen molar-refractivity contribution in [3.05, 3.63) is 60.7 Å². The van der Waals surface area contributed by atoms with Gasteiger partial charge in [0.25, 0.3) is 0 Å². The zero-order valence-corrected chi connectivity index (χ0v) is 25.1. The number of nitrogens with one attached hydrogen (secondary N) is 1. The van der Waals surface area contributed by atoms with Crippen LogP contribution in [0.15, 0.2) is 55.2 Å². The van der Waals surface area contributed by atoms with Crippen LogP contribution < -0.4 is 10.2 Å². The summed E-state index contributed by atoms with van der Waals surface area (Å²) in [6.07, 6.45) is 12.9. The summed E-state index contributed by atoms with van der Waals surface area (Å²) in [4.78, 5) is 7.58. The molecule has 0 atom stereocenters. The molecule has 4 fully saturated rings. The van der Waals surface area contributed by atoms with E-state index in [-0.39, 0.29) is 0 Å². The standard InChI is InChI=1S/C34H50N6/c1-25-13-20-40(27(3)35-25)33-31-12-11-30(23-32(31)37(5)36-33)29-14-18-38(19-15-29)24-34(4)16-21-39(22-17-34)26(2)28-9-7-6-8-10-28/h11-12,23,28-29,35H,1-3,6-10,13-22,24H2,4-5H3. The molecule has 3 aliphatic heterocycles. The Labute approximate surface area is 241 Å². The number of nitrogens with zero attached hydrogens (tertiary/aromatic N) is 5. The van der Waals surface area contributed by atoms with Crippen LogP contribution in [0.2, 0.25) is 0 Å². The minimum atomic E-state index is 0.430. The maximum atomic E-state index is 4.90. The monoisotopic (exact) mass is 542 g/mol. The fourth-order valence-corrected chi connectivity index (χ4v) is 7.81. The van der Waals surface area contributed by atoms with Gasteiger partial charge in [-0.2, -0.15) is 5.10 Å². The van der Waals surface area contributed by atoms with Crippen LogP contribution in [-0.2, 0) is 7.05 Å². The lowest BCUT2D eigenvalue weighted by atomic mass is 9.78. The lowest BCUT2D eigenvalue weighted by molar-refractivity contribution is 0.0714. The molecule has 1 aliphatic carbocycles. The van der Waals surface area contributed by atoms with Gasteiger partial charge in [0.05, 0.1) is 5.52 Å². The molecule has 1 aromatic carbocycles. The van der Waals surface area contributed by atoms with Gasteiger partial charge in [0.15, 0.2) is 5.82 Å². The highest BCUT2D eigenvalue weighted by molar-refractivity contribution is 5.92. The van der Waals surface area contributed by atoms with Crippen LogP contribution in [0, 0.1) is 11.3 Å². The summed E-state index contributed by atoms with van der Waals surface area (Å²) < 4.78 is 2.04. The minimum absolute atomic E-state index is 0.430. The van der Waals surface area contributed by atoms with Gasteiger partial charge in [0.1, 0.15) is 5.82 Å².